The molecule has 27 heavy (non-hydrogen) atoms. The fourth-order valence-corrected chi connectivity index (χ4v) is 3.10. The molecule has 1 amide bonds. The lowest BCUT2D eigenvalue weighted by atomic mass is 10.1. The molecule has 2 aromatic rings. The highest BCUT2D eigenvalue weighted by atomic mass is 19.2. The van der Waals surface area contributed by atoms with Crippen molar-refractivity contribution in [1.82, 2.24) is 0 Å². The van der Waals surface area contributed by atoms with E-state index in [0.29, 0.717) is 0 Å². The Morgan fingerprint density at radius 1 is 0.963 bits per heavy atom. The van der Waals surface area contributed by atoms with Crippen molar-refractivity contribution in [2.75, 3.05) is 28.6 Å². The Bertz CT molecular complexity index is 805. The van der Waals surface area contributed by atoms with Gasteiger partial charge in [0, 0.05) is 24.5 Å². The molecule has 1 saturated heterocycles. The average molecular weight is 377 g/mol. The van der Waals surface area contributed by atoms with E-state index in [1.807, 2.05) is 24.3 Å². The number of piperidine rings is 1. The van der Waals surface area contributed by atoms with Crippen LogP contribution >= 0.6 is 0 Å². The third-order valence-electron chi connectivity index (χ3n) is 4.66. The van der Waals surface area contributed by atoms with Gasteiger partial charge in [-0.15, -0.1) is 0 Å². The fourth-order valence-electron chi connectivity index (χ4n) is 3.10. The van der Waals surface area contributed by atoms with Crippen LogP contribution in [0.1, 0.15) is 26.2 Å². The van der Waals surface area contributed by atoms with E-state index >= 15 is 0 Å². The number of nitrogens with one attached hydrogen (secondary N) is 2. The van der Waals surface area contributed by atoms with Crippen molar-refractivity contribution < 1.29 is 18.0 Å². The first-order valence-corrected chi connectivity index (χ1v) is 9.01. The van der Waals surface area contributed by atoms with Crippen molar-refractivity contribution >= 4 is 23.0 Å². The van der Waals surface area contributed by atoms with Crippen molar-refractivity contribution in [3.8, 4) is 0 Å². The summed E-state index contributed by atoms with van der Waals surface area (Å²) in [6.45, 7) is 3.70. The summed E-state index contributed by atoms with van der Waals surface area (Å²) in [5.74, 6) is -4.88. The second-order valence-corrected chi connectivity index (χ2v) is 6.67. The topological polar surface area (TPSA) is 44.4 Å². The first kappa shape index (κ1) is 19.1. The molecule has 1 aliphatic heterocycles. The molecule has 7 heteroatoms. The minimum atomic E-state index is -1.61. The summed E-state index contributed by atoms with van der Waals surface area (Å²) >= 11 is 0. The summed E-state index contributed by atoms with van der Waals surface area (Å²) in [6, 6.07) is 8.81. The highest BCUT2D eigenvalue weighted by molar-refractivity contribution is 5.96. The molecule has 0 spiro atoms. The van der Waals surface area contributed by atoms with E-state index in [9.17, 15) is 18.0 Å². The van der Waals surface area contributed by atoms with Crippen molar-refractivity contribution in [2.45, 2.75) is 32.2 Å². The summed E-state index contributed by atoms with van der Waals surface area (Å²) in [4.78, 5) is 14.5. The number of amides is 1. The lowest BCUT2D eigenvalue weighted by Gasteiger charge is -2.29. The summed E-state index contributed by atoms with van der Waals surface area (Å²) in [5.41, 5.74) is 1.48. The van der Waals surface area contributed by atoms with E-state index < -0.39 is 35.1 Å². The number of benzene rings is 2. The zero-order valence-electron chi connectivity index (χ0n) is 15.1. The molecule has 2 N–H and O–H groups in total. The van der Waals surface area contributed by atoms with E-state index in [0.717, 1.165) is 36.6 Å². The van der Waals surface area contributed by atoms with Gasteiger partial charge in [0.2, 0.25) is 5.91 Å². The Hall–Kier alpha value is -2.70. The third-order valence-corrected chi connectivity index (χ3v) is 4.66. The van der Waals surface area contributed by atoms with Crippen LogP contribution in [0.25, 0.3) is 0 Å². The molecule has 0 unspecified atom stereocenters. The maximum absolute atomic E-state index is 13.7. The van der Waals surface area contributed by atoms with Crippen molar-refractivity contribution in [3.63, 3.8) is 0 Å². The summed E-state index contributed by atoms with van der Waals surface area (Å²) in [7, 11) is 0. The van der Waals surface area contributed by atoms with Crippen molar-refractivity contribution in [2.24, 2.45) is 0 Å². The van der Waals surface area contributed by atoms with Gasteiger partial charge in [-0.1, -0.05) is 0 Å². The standard InChI is InChI=1S/C20H22F3N3O/c1-13(20(27)25-17-10-9-16(21)18(22)19(17)23)24-14-5-7-15(8-6-14)26-11-3-2-4-12-26/h5-10,13,24H,2-4,11-12H2,1H3,(H,25,27)/t13-/m1/s1. The van der Waals surface area contributed by atoms with E-state index in [4.69, 9.17) is 0 Å². The second-order valence-electron chi connectivity index (χ2n) is 6.67. The van der Waals surface area contributed by atoms with Crippen LogP contribution in [0.15, 0.2) is 36.4 Å². The van der Waals surface area contributed by atoms with Crippen LogP contribution in [0.3, 0.4) is 0 Å². The molecule has 1 aliphatic rings. The summed E-state index contributed by atoms with van der Waals surface area (Å²) in [6.07, 6.45) is 3.65. The molecule has 0 saturated carbocycles. The Morgan fingerprint density at radius 3 is 2.30 bits per heavy atom. The first-order chi connectivity index (χ1) is 13.0. The Balaban J connectivity index is 1.60. The minimum absolute atomic E-state index is 0.395. The number of hydrogen-bond acceptors (Lipinski definition) is 3. The van der Waals surface area contributed by atoms with Gasteiger partial charge in [0.05, 0.1) is 5.69 Å². The number of rotatable bonds is 5. The van der Waals surface area contributed by atoms with Crippen molar-refractivity contribution in [1.29, 1.82) is 0 Å². The lowest BCUT2D eigenvalue weighted by Crippen LogP contribution is -2.32. The number of anilines is 3. The zero-order valence-corrected chi connectivity index (χ0v) is 15.1. The molecular weight excluding hydrogens is 355 g/mol. The van der Waals surface area contributed by atoms with Gasteiger partial charge < -0.3 is 15.5 Å². The molecule has 3 rings (SSSR count). The molecule has 0 aromatic heterocycles. The van der Waals surface area contributed by atoms with Crippen LogP contribution in [0.2, 0.25) is 0 Å². The Morgan fingerprint density at radius 2 is 1.63 bits per heavy atom. The molecule has 0 radical (unpaired) electrons. The van der Waals surface area contributed by atoms with Gasteiger partial charge in [0.25, 0.3) is 0 Å². The predicted octanol–water partition coefficient (Wildman–Crippen LogP) is 4.53. The highest BCUT2D eigenvalue weighted by Crippen LogP contribution is 2.23. The van der Waals surface area contributed by atoms with Crippen LogP contribution in [0, 0.1) is 17.5 Å². The monoisotopic (exact) mass is 377 g/mol. The fraction of sp³-hybridized carbons (Fsp3) is 0.350. The van der Waals surface area contributed by atoms with E-state index in [-0.39, 0.29) is 0 Å². The predicted molar refractivity (Wildman–Crippen MR) is 101 cm³/mol. The Kier molecular flexibility index (Phi) is 5.88. The molecule has 0 bridgehead atoms. The average Bonchev–Trinajstić information content (AvgIpc) is 2.69. The maximum atomic E-state index is 13.7. The molecule has 2 aromatic carbocycles. The van der Waals surface area contributed by atoms with E-state index in [2.05, 4.69) is 15.5 Å². The number of hydrogen-bond donors (Lipinski definition) is 2. The highest BCUT2D eigenvalue weighted by Gasteiger charge is 2.18. The number of carbonyl (C=O) groups excluding carboxylic acids is 1. The smallest absolute Gasteiger partial charge is 0.246 e. The molecule has 0 aliphatic carbocycles. The minimum Gasteiger partial charge on any atom is -0.374 e. The van der Waals surface area contributed by atoms with E-state index in [1.54, 1.807) is 6.92 Å². The van der Waals surface area contributed by atoms with Crippen LogP contribution in [0.4, 0.5) is 30.2 Å². The van der Waals surface area contributed by atoms with Crippen LogP contribution in [-0.4, -0.2) is 25.0 Å². The maximum Gasteiger partial charge on any atom is 0.246 e. The van der Waals surface area contributed by atoms with Crippen LogP contribution in [-0.2, 0) is 4.79 Å². The third kappa shape index (κ3) is 4.53. The molecular formula is C20H22F3N3O. The lowest BCUT2D eigenvalue weighted by molar-refractivity contribution is -0.116. The summed E-state index contributed by atoms with van der Waals surface area (Å²) in [5, 5.41) is 5.29. The molecule has 1 atom stereocenters. The van der Waals surface area contributed by atoms with Gasteiger partial charge in [-0.3, -0.25) is 4.79 Å². The van der Waals surface area contributed by atoms with E-state index in [1.165, 1.54) is 19.3 Å². The molecule has 1 fully saturated rings. The van der Waals surface area contributed by atoms with Gasteiger partial charge >= 0.3 is 0 Å². The molecule has 4 nitrogen and oxygen atoms in total. The molecule has 144 valence electrons. The van der Waals surface area contributed by atoms with Gasteiger partial charge in [-0.25, -0.2) is 13.2 Å². The second kappa shape index (κ2) is 8.33. The van der Waals surface area contributed by atoms with Gasteiger partial charge in [-0.2, -0.15) is 0 Å². The van der Waals surface area contributed by atoms with Crippen molar-refractivity contribution in [3.05, 3.63) is 53.8 Å². The van der Waals surface area contributed by atoms with Crippen LogP contribution < -0.4 is 15.5 Å². The number of nitrogens with zero attached hydrogens (tertiary/aromatic N) is 1. The molecule has 1 heterocycles. The Labute approximate surface area is 156 Å². The number of carbonyl (C=O) groups is 1. The number of halogens is 3. The summed E-state index contributed by atoms with van der Waals surface area (Å²) < 4.78 is 39.9. The SMILES string of the molecule is C[C@@H](Nc1ccc(N2CCCCC2)cc1)C(=O)Nc1ccc(F)c(F)c1F. The zero-order chi connectivity index (χ0) is 19.4. The van der Waals surface area contributed by atoms with Gasteiger partial charge in [0.15, 0.2) is 17.5 Å². The van der Waals surface area contributed by atoms with Crippen LogP contribution in [0.5, 0.6) is 0 Å². The largest absolute Gasteiger partial charge is 0.374 e. The first-order valence-electron chi connectivity index (χ1n) is 9.01. The van der Waals surface area contributed by atoms with Gasteiger partial charge in [-0.05, 0) is 62.6 Å². The van der Waals surface area contributed by atoms with Gasteiger partial charge in [0.1, 0.15) is 6.04 Å². The normalized spacial score (nSPS) is 15.3. The quantitative estimate of drug-likeness (QED) is 0.753.